The Morgan fingerprint density at radius 3 is 2.48 bits per heavy atom. The predicted octanol–water partition coefficient (Wildman–Crippen LogP) is 4.07. The molecule has 33 heavy (non-hydrogen) atoms. The van der Waals surface area contributed by atoms with Crippen molar-refractivity contribution in [2.24, 2.45) is 0 Å². The van der Waals surface area contributed by atoms with Gasteiger partial charge in [-0.15, -0.1) is 0 Å². The summed E-state index contributed by atoms with van der Waals surface area (Å²) in [5.41, 5.74) is -0.585. The number of hydrogen-bond acceptors (Lipinski definition) is 4. The van der Waals surface area contributed by atoms with E-state index in [0.29, 0.717) is 30.5 Å². The van der Waals surface area contributed by atoms with Gasteiger partial charge in [-0.2, -0.15) is 13.2 Å². The van der Waals surface area contributed by atoms with Crippen LogP contribution >= 0.6 is 0 Å². The number of nitrogens with zero attached hydrogens (tertiary/aromatic N) is 3. The van der Waals surface area contributed by atoms with Gasteiger partial charge in [-0.1, -0.05) is 0 Å². The first-order valence-corrected chi connectivity index (χ1v) is 10.0. The van der Waals surface area contributed by atoms with Crippen LogP contribution in [0, 0.1) is 11.6 Å². The standard InChI is InChI=1S/C22H17F5N4O2/c23-15-3-1-13(5-16(15)24)17-7-31(12-29-17)21-9-20(10-21,11-21)30-19(32)8-33-14-2-4-18(28-6-14)22(25,26)27/h1-7,12H,8-11H2,(H,30,32). The normalized spacial score (nSPS) is 23.4. The second kappa shape index (κ2) is 7.26. The summed E-state index contributed by atoms with van der Waals surface area (Å²) in [6.07, 6.45) is 1.85. The lowest BCUT2D eigenvalue weighted by Crippen LogP contribution is -2.78. The number of carbonyl (C=O) groups excluding carboxylic acids is 1. The summed E-state index contributed by atoms with van der Waals surface area (Å²) in [6.45, 7) is -0.340. The first kappa shape index (κ1) is 21.4. The van der Waals surface area contributed by atoms with Crippen molar-refractivity contribution in [1.82, 2.24) is 19.9 Å². The van der Waals surface area contributed by atoms with Crippen molar-refractivity contribution in [2.45, 2.75) is 36.5 Å². The second-order valence-electron chi connectivity index (χ2n) is 8.54. The summed E-state index contributed by atoms with van der Waals surface area (Å²) in [5.74, 6) is -2.18. The van der Waals surface area contributed by atoms with E-state index in [2.05, 4.69) is 15.3 Å². The average molecular weight is 464 g/mol. The van der Waals surface area contributed by atoms with Crippen LogP contribution in [0.25, 0.3) is 11.3 Å². The Morgan fingerprint density at radius 2 is 1.85 bits per heavy atom. The first-order valence-electron chi connectivity index (χ1n) is 10.0. The summed E-state index contributed by atoms with van der Waals surface area (Å²) in [7, 11) is 0. The van der Waals surface area contributed by atoms with Crippen LogP contribution in [-0.2, 0) is 16.5 Å². The van der Waals surface area contributed by atoms with E-state index in [1.807, 2.05) is 4.57 Å². The molecule has 2 aromatic heterocycles. The zero-order valence-corrected chi connectivity index (χ0v) is 17.0. The van der Waals surface area contributed by atoms with E-state index < -0.39 is 23.5 Å². The molecule has 3 saturated carbocycles. The Morgan fingerprint density at radius 1 is 1.09 bits per heavy atom. The van der Waals surface area contributed by atoms with E-state index in [0.717, 1.165) is 30.5 Å². The number of imidazole rings is 1. The number of rotatable bonds is 6. The predicted molar refractivity (Wildman–Crippen MR) is 105 cm³/mol. The van der Waals surface area contributed by atoms with Gasteiger partial charge in [-0.05, 0) is 49.6 Å². The number of hydrogen-bond donors (Lipinski definition) is 1. The Kier molecular flexibility index (Phi) is 4.69. The van der Waals surface area contributed by atoms with Crippen molar-refractivity contribution in [1.29, 1.82) is 0 Å². The monoisotopic (exact) mass is 464 g/mol. The van der Waals surface area contributed by atoms with Gasteiger partial charge in [0.1, 0.15) is 11.4 Å². The van der Waals surface area contributed by atoms with Crippen LogP contribution in [-0.4, -0.2) is 32.6 Å². The van der Waals surface area contributed by atoms with Crippen LogP contribution in [0.5, 0.6) is 5.75 Å². The molecule has 2 bridgehead atoms. The number of carbonyl (C=O) groups is 1. The highest BCUT2D eigenvalue weighted by atomic mass is 19.4. The molecule has 3 aromatic rings. The Balaban J connectivity index is 1.14. The zero-order chi connectivity index (χ0) is 23.4. The number of aromatic nitrogens is 3. The van der Waals surface area contributed by atoms with Crippen molar-refractivity contribution in [3.05, 3.63) is 66.4 Å². The molecule has 2 heterocycles. The van der Waals surface area contributed by atoms with Gasteiger partial charge in [0.05, 0.1) is 23.8 Å². The van der Waals surface area contributed by atoms with Gasteiger partial charge in [0.2, 0.25) is 0 Å². The van der Waals surface area contributed by atoms with Crippen molar-refractivity contribution in [3.8, 4) is 17.0 Å². The van der Waals surface area contributed by atoms with Gasteiger partial charge in [0.15, 0.2) is 18.2 Å². The van der Waals surface area contributed by atoms with Crippen molar-refractivity contribution < 1.29 is 31.5 Å². The van der Waals surface area contributed by atoms with Gasteiger partial charge in [0.25, 0.3) is 5.91 Å². The molecule has 11 heteroatoms. The Hall–Kier alpha value is -3.50. The molecule has 0 radical (unpaired) electrons. The fraction of sp³-hybridized carbons (Fsp3) is 0.318. The first-order chi connectivity index (χ1) is 15.6. The van der Waals surface area contributed by atoms with Gasteiger partial charge in [-0.3, -0.25) is 4.79 Å². The number of nitrogens with one attached hydrogen (secondary N) is 1. The Bertz CT molecular complexity index is 1200. The van der Waals surface area contributed by atoms with Crippen LogP contribution in [0.3, 0.4) is 0 Å². The molecule has 3 aliphatic carbocycles. The lowest BCUT2D eigenvalue weighted by Gasteiger charge is -2.70. The fourth-order valence-electron chi connectivity index (χ4n) is 4.64. The molecule has 6 rings (SSSR count). The van der Waals surface area contributed by atoms with Gasteiger partial charge in [0, 0.05) is 17.3 Å². The lowest BCUT2D eigenvalue weighted by molar-refractivity contribution is -0.156. The SMILES string of the molecule is O=C(COc1ccc(C(F)(F)F)nc1)NC12CC(n3cnc(-c4ccc(F)c(F)c4)c3)(C1)C2. The zero-order valence-electron chi connectivity index (χ0n) is 17.0. The minimum Gasteiger partial charge on any atom is -0.482 e. The van der Waals surface area contributed by atoms with E-state index in [9.17, 15) is 26.7 Å². The van der Waals surface area contributed by atoms with E-state index in [1.165, 1.54) is 6.07 Å². The summed E-state index contributed by atoms with van der Waals surface area (Å²) in [6, 6.07) is 5.51. The van der Waals surface area contributed by atoms with E-state index >= 15 is 0 Å². The van der Waals surface area contributed by atoms with Gasteiger partial charge >= 0.3 is 6.18 Å². The molecule has 3 fully saturated rings. The third-order valence-electron chi connectivity index (χ3n) is 6.15. The molecule has 1 N–H and O–H groups in total. The molecule has 0 aliphatic heterocycles. The number of ether oxygens (including phenoxy) is 1. The lowest BCUT2D eigenvalue weighted by atomic mass is 9.44. The summed E-state index contributed by atoms with van der Waals surface area (Å²) in [5, 5.41) is 2.92. The highest BCUT2D eigenvalue weighted by molar-refractivity contribution is 5.79. The number of alkyl halides is 3. The molecule has 0 saturated heterocycles. The maximum Gasteiger partial charge on any atom is 0.433 e. The third-order valence-corrected chi connectivity index (χ3v) is 6.15. The van der Waals surface area contributed by atoms with Crippen LogP contribution in [0.15, 0.2) is 49.1 Å². The topological polar surface area (TPSA) is 69.0 Å². The highest BCUT2D eigenvalue weighted by Crippen LogP contribution is 2.65. The maximum atomic E-state index is 13.5. The largest absolute Gasteiger partial charge is 0.482 e. The van der Waals surface area contributed by atoms with Crippen molar-refractivity contribution in [2.75, 3.05) is 6.61 Å². The van der Waals surface area contributed by atoms with E-state index in [1.54, 1.807) is 12.5 Å². The van der Waals surface area contributed by atoms with E-state index in [-0.39, 0.29) is 29.3 Å². The number of halogens is 5. The van der Waals surface area contributed by atoms with Crippen LogP contribution in [0.4, 0.5) is 22.0 Å². The van der Waals surface area contributed by atoms with Crippen LogP contribution in [0.2, 0.25) is 0 Å². The molecule has 0 atom stereocenters. The minimum absolute atomic E-state index is 0.0652. The molecule has 0 unspecified atom stereocenters. The summed E-state index contributed by atoms with van der Waals surface area (Å²) < 4.78 is 71.4. The van der Waals surface area contributed by atoms with Gasteiger partial charge < -0.3 is 14.6 Å². The molecular weight excluding hydrogens is 447 g/mol. The Labute approximate surface area is 184 Å². The molecule has 1 amide bonds. The second-order valence-corrected chi connectivity index (χ2v) is 8.54. The van der Waals surface area contributed by atoms with E-state index in [4.69, 9.17) is 4.74 Å². The summed E-state index contributed by atoms with van der Waals surface area (Å²) >= 11 is 0. The quantitative estimate of drug-likeness (QED) is 0.559. The van der Waals surface area contributed by atoms with Crippen LogP contribution < -0.4 is 10.1 Å². The van der Waals surface area contributed by atoms with Crippen LogP contribution in [0.1, 0.15) is 25.0 Å². The average Bonchev–Trinajstić information content (AvgIpc) is 3.19. The molecule has 6 nitrogen and oxygen atoms in total. The maximum absolute atomic E-state index is 13.5. The molecular formula is C22H17F5N4O2. The minimum atomic E-state index is -4.54. The molecule has 1 aromatic carbocycles. The van der Waals surface area contributed by atoms with Crippen molar-refractivity contribution in [3.63, 3.8) is 0 Å². The van der Waals surface area contributed by atoms with Gasteiger partial charge in [-0.25, -0.2) is 18.7 Å². The number of benzene rings is 1. The summed E-state index contributed by atoms with van der Waals surface area (Å²) in [4.78, 5) is 19.8. The fourth-order valence-corrected chi connectivity index (χ4v) is 4.64. The third kappa shape index (κ3) is 3.81. The smallest absolute Gasteiger partial charge is 0.433 e. The molecule has 3 aliphatic rings. The number of amides is 1. The molecule has 172 valence electrons. The highest BCUT2D eigenvalue weighted by Gasteiger charge is 2.69. The number of pyridine rings is 1. The van der Waals surface area contributed by atoms with Crippen molar-refractivity contribution >= 4 is 5.91 Å². The molecule has 0 spiro atoms.